The average molecular weight is 635 g/mol. The number of rotatable bonds is 19. The Balaban J connectivity index is 1.39. The third kappa shape index (κ3) is 12.3. The molecule has 0 spiro atoms. The van der Waals surface area contributed by atoms with E-state index < -0.39 is 29.7 Å². The van der Waals surface area contributed by atoms with E-state index in [1.165, 1.54) is 36.4 Å². The molecule has 0 bridgehead atoms. The zero-order valence-corrected chi connectivity index (χ0v) is 25.2. The number of hydrogen-bond donors (Lipinski definition) is 0. The second-order valence-electron chi connectivity index (χ2n) is 9.63. The minimum absolute atomic E-state index is 0.0747. The van der Waals surface area contributed by atoms with Crippen LogP contribution in [0.25, 0.3) is 0 Å². The Bertz CT molecular complexity index is 1480. The van der Waals surface area contributed by atoms with Crippen LogP contribution in [-0.4, -0.2) is 50.3 Å². The summed E-state index contributed by atoms with van der Waals surface area (Å²) in [5.74, 6) is -2.65. The predicted octanol–water partition coefficient (Wildman–Crippen LogP) is 6.43. The van der Waals surface area contributed by atoms with Gasteiger partial charge < -0.3 is 28.4 Å². The number of unbranched alkanes of at least 4 members (excludes halogenated alkanes) is 3. The van der Waals surface area contributed by atoms with Crippen molar-refractivity contribution < 1.29 is 52.0 Å². The first-order chi connectivity index (χ1) is 22.3. The number of esters is 4. The fourth-order valence-corrected chi connectivity index (χ4v) is 3.79. The molecule has 0 N–H and O–H groups in total. The smallest absolute Gasteiger partial charge is 0.343 e. The molecule has 0 radical (unpaired) electrons. The highest BCUT2D eigenvalue weighted by molar-refractivity contribution is 5.92. The Kier molecular flexibility index (Phi) is 14.5. The molecule has 3 rings (SSSR count). The molecule has 0 aliphatic rings. The van der Waals surface area contributed by atoms with Gasteiger partial charge in [-0.3, -0.25) is 0 Å². The third-order valence-corrected chi connectivity index (χ3v) is 6.18. The number of hydrogen-bond acceptors (Lipinski definition) is 10. The zero-order chi connectivity index (χ0) is 33.1. The van der Waals surface area contributed by atoms with Crippen LogP contribution < -0.4 is 18.9 Å². The van der Waals surface area contributed by atoms with E-state index in [2.05, 4.69) is 13.2 Å². The lowest BCUT2D eigenvalue weighted by Crippen LogP contribution is -2.11. The number of carbonyl (C=O) groups is 4. The number of benzene rings is 3. The Morgan fingerprint density at radius 1 is 0.565 bits per heavy atom. The summed E-state index contributed by atoms with van der Waals surface area (Å²) < 4.78 is 46.1. The Labute approximate surface area is 266 Å². The number of halogens is 1. The molecule has 0 saturated carbocycles. The molecule has 0 fully saturated rings. The molecule has 0 amide bonds. The van der Waals surface area contributed by atoms with Gasteiger partial charge in [-0.2, -0.15) is 0 Å². The molecular weight excluding hydrogens is 599 g/mol. The van der Waals surface area contributed by atoms with Crippen LogP contribution >= 0.6 is 0 Å². The van der Waals surface area contributed by atoms with Crippen molar-refractivity contribution in [1.29, 1.82) is 0 Å². The lowest BCUT2D eigenvalue weighted by Gasteiger charge is -2.10. The summed E-state index contributed by atoms with van der Waals surface area (Å²) in [4.78, 5) is 47.1. The molecule has 0 heterocycles. The summed E-state index contributed by atoms with van der Waals surface area (Å²) in [6, 6.07) is 15.8. The molecule has 0 aliphatic carbocycles. The van der Waals surface area contributed by atoms with Crippen molar-refractivity contribution in [3.8, 4) is 23.0 Å². The van der Waals surface area contributed by atoms with Gasteiger partial charge in [-0.1, -0.05) is 13.2 Å². The van der Waals surface area contributed by atoms with E-state index in [4.69, 9.17) is 28.4 Å². The highest BCUT2D eigenvalue weighted by Crippen LogP contribution is 2.25. The Morgan fingerprint density at radius 2 is 1.02 bits per heavy atom. The van der Waals surface area contributed by atoms with Crippen LogP contribution in [0.4, 0.5) is 4.39 Å². The highest BCUT2D eigenvalue weighted by Gasteiger charge is 2.15. The van der Waals surface area contributed by atoms with E-state index in [1.54, 1.807) is 24.3 Å². The van der Waals surface area contributed by atoms with Crippen LogP contribution in [0.3, 0.4) is 0 Å². The molecule has 3 aromatic rings. The van der Waals surface area contributed by atoms with Crippen molar-refractivity contribution in [2.24, 2.45) is 0 Å². The zero-order valence-electron chi connectivity index (χ0n) is 25.2. The van der Waals surface area contributed by atoms with Crippen molar-refractivity contribution >= 4 is 23.9 Å². The molecule has 0 atom stereocenters. The van der Waals surface area contributed by atoms with Gasteiger partial charge in [-0.15, -0.1) is 0 Å². The van der Waals surface area contributed by atoms with Crippen molar-refractivity contribution in [1.82, 2.24) is 0 Å². The van der Waals surface area contributed by atoms with E-state index in [9.17, 15) is 23.6 Å². The molecule has 0 aliphatic heterocycles. The van der Waals surface area contributed by atoms with Crippen LogP contribution in [0, 0.1) is 5.82 Å². The molecule has 0 saturated heterocycles. The molecule has 10 nitrogen and oxygen atoms in total. The highest BCUT2D eigenvalue weighted by atomic mass is 19.1. The molecule has 3 aromatic carbocycles. The van der Waals surface area contributed by atoms with Gasteiger partial charge in [0.1, 0.15) is 17.2 Å². The molecule has 242 valence electrons. The SMILES string of the molecule is C=CC(=O)OCCCCCCOc1ccc(C(=O)Oc2ccc(OC(=O)c3ccc(OCCCOC(=O)C=C)cc3)cc2F)cc1. The van der Waals surface area contributed by atoms with Crippen LogP contribution in [0.15, 0.2) is 92.0 Å². The summed E-state index contributed by atoms with van der Waals surface area (Å²) in [6.45, 7) is 7.99. The minimum atomic E-state index is -0.889. The van der Waals surface area contributed by atoms with Gasteiger partial charge in [0.2, 0.25) is 0 Å². The molecular formula is C35H35FO10. The number of ether oxygens (including phenoxy) is 6. The Morgan fingerprint density at radius 3 is 1.54 bits per heavy atom. The van der Waals surface area contributed by atoms with Crippen LogP contribution in [0.1, 0.15) is 52.8 Å². The Hall–Kier alpha value is -5.45. The summed E-state index contributed by atoms with van der Waals surface area (Å²) >= 11 is 0. The lowest BCUT2D eigenvalue weighted by molar-refractivity contribution is -0.138. The predicted molar refractivity (Wildman–Crippen MR) is 166 cm³/mol. The minimum Gasteiger partial charge on any atom is -0.494 e. The van der Waals surface area contributed by atoms with E-state index in [0.717, 1.165) is 43.9 Å². The quantitative estimate of drug-likeness (QED) is 0.0631. The lowest BCUT2D eigenvalue weighted by atomic mass is 10.2. The monoisotopic (exact) mass is 634 g/mol. The van der Waals surface area contributed by atoms with E-state index in [-0.39, 0.29) is 29.2 Å². The molecule has 0 aromatic heterocycles. The summed E-state index contributed by atoms with van der Waals surface area (Å²) in [5.41, 5.74) is 0.402. The standard InChI is InChI=1S/C35H35FO10/c1-3-32(37)43-21-8-6-5-7-20-41-27-16-12-26(13-17-27)35(40)46-31-19-18-29(24-30(31)36)45-34(39)25-10-14-28(15-11-25)42-22-9-23-44-33(38)4-2/h3-4,10-19,24H,1-2,5-9,20-23H2. The largest absolute Gasteiger partial charge is 0.494 e. The van der Waals surface area contributed by atoms with Gasteiger partial charge in [0, 0.05) is 24.6 Å². The maximum Gasteiger partial charge on any atom is 0.343 e. The van der Waals surface area contributed by atoms with Gasteiger partial charge in [-0.05, 0) is 86.3 Å². The van der Waals surface area contributed by atoms with Crippen molar-refractivity contribution in [2.45, 2.75) is 32.1 Å². The van der Waals surface area contributed by atoms with E-state index >= 15 is 0 Å². The maximum absolute atomic E-state index is 14.7. The van der Waals surface area contributed by atoms with Gasteiger partial charge in [0.05, 0.1) is 37.6 Å². The average Bonchev–Trinajstić information content (AvgIpc) is 3.07. The fraction of sp³-hybridized carbons (Fsp3) is 0.257. The van der Waals surface area contributed by atoms with Crippen LogP contribution in [0.2, 0.25) is 0 Å². The van der Waals surface area contributed by atoms with Crippen molar-refractivity contribution in [3.63, 3.8) is 0 Å². The van der Waals surface area contributed by atoms with Gasteiger partial charge in [0.25, 0.3) is 0 Å². The molecule has 0 unspecified atom stereocenters. The van der Waals surface area contributed by atoms with Gasteiger partial charge in [0.15, 0.2) is 11.6 Å². The fourth-order valence-electron chi connectivity index (χ4n) is 3.79. The first kappa shape index (κ1) is 35.0. The van der Waals surface area contributed by atoms with E-state index in [0.29, 0.717) is 37.7 Å². The molecule has 11 heteroatoms. The first-order valence-electron chi connectivity index (χ1n) is 14.6. The van der Waals surface area contributed by atoms with Crippen LogP contribution in [-0.2, 0) is 19.1 Å². The maximum atomic E-state index is 14.7. The summed E-state index contributed by atoms with van der Waals surface area (Å²) in [6.07, 6.45) is 6.06. The second-order valence-corrected chi connectivity index (χ2v) is 9.63. The third-order valence-electron chi connectivity index (χ3n) is 6.18. The van der Waals surface area contributed by atoms with Crippen molar-refractivity contribution in [3.05, 3.63) is 109 Å². The van der Waals surface area contributed by atoms with Gasteiger partial charge in [-0.25, -0.2) is 23.6 Å². The normalized spacial score (nSPS) is 10.3. The summed E-state index contributed by atoms with van der Waals surface area (Å²) in [5, 5.41) is 0. The molecule has 46 heavy (non-hydrogen) atoms. The van der Waals surface area contributed by atoms with Crippen LogP contribution in [0.5, 0.6) is 23.0 Å². The topological polar surface area (TPSA) is 124 Å². The van der Waals surface area contributed by atoms with E-state index in [1.807, 2.05) is 0 Å². The first-order valence-corrected chi connectivity index (χ1v) is 14.6. The van der Waals surface area contributed by atoms with Crippen molar-refractivity contribution in [2.75, 3.05) is 26.4 Å². The summed E-state index contributed by atoms with van der Waals surface area (Å²) in [7, 11) is 0. The second kappa shape index (κ2) is 19.0. The number of carbonyl (C=O) groups excluding carboxylic acids is 4. The van der Waals surface area contributed by atoms with Gasteiger partial charge >= 0.3 is 23.9 Å².